The van der Waals surface area contributed by atoms with E-state index >= 15 is 0 Å². The molecule has 0 atom stereocenters. The normalized spacial score (nSPS) is 11.1. The van der Waals surface area contributed by atoms with Crippen molar-refractivity contribution in [3.63, 3.8) is 0 Å². The Kier molecular flexibility index (Phi) is 3.43. The van der Waals surface area contributed by atoms with Gasteiger partial charge in [-0.25, -0.2) is 17.9 Å². The maximum Gasteiger partial charge on any atom is 0.337 e. The zero-order chi connectivity index (χ0) is 11.5. The number of hydrogen-bond acceptors (Lipinski definition) is 4. The van der Waals surface area contributed by atoms with Gasteiger partial charge in [0.1, 0.15) is 0 Å². The van der Waals surface area contributed by atoms with E-state index in [-0.39, 0.29) is 4.90 Å². The van der Waals surface area contributed by atoms with Crippen LogP contribution in [0.1, 0.15) is 10.4 Å². The molecule has 1 aromatic rings. The molecular weight excluding hydrogens is 218 g/mol. The van der Waals surface area contributed by atoms with Crippen molar-refractivity contribution in [2.75, 3.05) is 14.2 Å². The minimum atomic E-state index is -3.45. The van der Waals surface area contributed by atoms with Gasteiger partial charge >= 0.3 is 5.97 Å². The Bertz CT molecular complexity index is 450. The number of ether oxygens (including phenoxy) is 1. The lowest BCUT2D eigenvalue weighted by Crippen LogP contribution is -2.18. The van der Waals surface area contributed by atoms with E-state index in [2.05, 4.69) is 9.46 Å². The van der Waals surface area contributed by atoms with Crippen LogP contribution in [0.4, 0.5) is 0 Å². The number of hydrogen-bond donors (Lipinski definition) is 1. The molecule has 0 aliphatic heterocycles. The van der Waals surface area contributed by atoms with Crippen LogP contribution in [0.2, 0.25) is 0 Å². The van der Waals surface area contributed by atoms with Gasteiger partial charge in [-0.05, 0) is 31.3 Å². The van der Waals surface area contributed by atoms with Gasteiger partial charge in [0, 0.05) is 0 Å². The summed E-state index contributed by atoms with van der Waals surface area (Å²) in [4.78, 5) is 11.2. The van der Waals surface area contributed by atoms with Crippen LogP contribution in [0.15, 0.2) is 29.2 Å². The number of esters is 1. The standard InChI is InChI=1S/C9H11NO4S/c1-10-15(12,13)8-5-3-7(4-6-8)9(11)14-2/h3-6,10H,1-2H3. The second kappa shape index (κ2) is 4.41. The molecule has 6 heteroatoms. The molecule has 82 valence electrons. The average Bonchev–Trinajstić information content (AvgIpc) is 2.28. The van der Waals surface area contributed by atoms with E-state index in [1.807, 2.05) is 0 Å². The summed E-state index contributed by atoms with van der Waals surface area (Å²) in [5.41, 5.74) is 0.313. The molecule has 0 saturated carbocycles. The predicted octanol–water partition coefficient (Wildman–Crippen LogP) is 0.381. The molecule has 15 heavy (non-hydrogen) atoms. The molecule has 0 heterocycles. The highest BCUT2D eigenvalue weighted by Gasteiger charge is 2.12. The lowest BCUT2D eigenvalue weighted by atomic mass is 10.2. The fraction of sp³-hybridized carbons (Fsp3) is 0.222. The molecule has 1 N–H and O–H groups in total. The molecule has 0 aliphatic carbocycles. The van der Waals surface area contributed by atoms with Crippen LogP contribution in [0, 0.1) is 0 Å². The molecule has 0 radical (unpaired) electrons. The number of sulfonamides is 1. The van der Waals surface area contributed by atoms with Gasteiger partial charge in [0.05, 0.1) is 17.6 Å². The summed E-state index contributed by atoms with van der Waals surface area (Å²) in [6, 6.07) is 5.49. The molecule has 0 fully saturated rings. The molecule has 0 aromatic heterocycles. The highest BCUT2D eigenvalue weighted by molar-refractivity contribution is 7.89. The second-order valence-corrected chi connectivity index (χ2v) is 4.61. The fourth-order valence-corrected chi connectivity index (χ4v) is 1.74. The Morgan fingerprint density at radius 3 is 2.20 bits per heavy atom. The SMILES string of the molecule is CNS(=O)(=O)c1ccc(C(=O)OC)cc1. The zero-order valence-electron chi connectivity index (χ0n) is 8.35. The number of carbonyl (C=O) groups excluding carboxylic acids is 1. The van der Waals surface area contributed by atoms with Crippen LogP contribution in [-0.4, -0.2) is 28.5 Å². The third-order valence-corrected chi connectivity index (χ3v) is 3.28. The van der Waals surface area contributed by atoms with E-state index in [0.717, 1.165) is 0 Å². The second-order valence-electron chi connectivity index (χ2n) is 2.72. The number of nitrogens with one attached hydrogen (secondary N) is 1. The van der Waals surface area contributed by atoms with Gasteiger partial charge in [-0.15, -0.1) is 0 Å². The Hall–Kier alpha value is -1.40. The first-order chi connectivity index (χ1) is 7.01. The van der Waals surface area contributed by atoms with Crippen molar-refractivity contribution >= 4 is 16.0 Å². The summed E-state index contributed by atoms with van der Waals surface area (Å²) in [6.45, 7) is 0. The quantitative estimate of drug-likeness (QED) is 0.760. The van der Waals surface area contributed by atoms with Gasteiger partial charge in [-0.2, -0.15) is 0 Å². The molecule has 0 spiro atoms. The summed E-state index contributed by atoms with van der Waals surface area (Å²) in [7, 11) is -0.862. The highest BCUT2D eigenvalue weighted by Crippen LogP contribution is 2.10. The van der Waals surface area contributed by atoms with Crippen LogP contribution in [0.25, 0.3) is 0 Å². The van der Waals surface area contributed by atoms with Crippen LogP contribution in [-0.2, 0) is 14.8 Å². The van der Waals surface area contributed by atoms with Crippen LogP contribution in [0.3, 0.4) is 0 Å². The fourth-order valence-electron chi connectivity index (χ4n) is 1.01. The minimum absolute atomic E-state index is 0.109. The molecular formula is C9H11NO4S. The minimum Gasteiger partial charge on any atom is -0.465 e. The third-order valence-electron chi connectivity index (χ3n) is 1.85. The van der Waals surface area contributed by atoms with E-state index in [1.165, 1.54) is 38.4 Å². The maximum atomic E-state index is 11.3. The summed E-state index contributed by atoms with van der Waals surface area (Å²) in [6.07, 6.45) is 0. The smallest absolute Gasteiger partial charge is 0.337 e. The largest absolute Gasteiger partial charge is 0.465 e. The van der Waals surface area contributed by atoms with E-state index in [4.69, 9.17) is 0 Å². The van der Waals surface area contributed by atoms with Crippen LogP contribution in [0.5, 0.6) is 0 Å². The van der Waals surface area contributed by atoms with Gasteiger partial charge in [0.2, 0.25) is 10.0 Å². The first-order valence-electron chi connectivity index (χ1n) is 4.13. The first kappa shape index (κ1) is 11.7. The highest BCUT2D eigenvalue weighted by atomic mass is 32.2. The van der Waals surface area contributed by atoms with Gasteiger partial charge in [0.15, 0.2) is 0 Å². The molecule has 1 aromatic carbocycles. The number of benzene rings is 1. The van der Waals surface area contributed by atoms with Crippen molar-refractivity contribution in [1.82, 2.24) is 4.72 Å². The predicted molar refractivity (Wildman–Crippen MR) is 54.0 cm³/mol. The lowest BCUT2D eigenvalue weighted by molar-refractivity contribution is 0.0600. The zero-order valence-corrected chi connectivity index (χ0v) is 9.17. The van der Waals surface area contributed by atoms with Crippen molar-refractivity contribution in [2.24, 2.45) is 0 Å². The van der Waals surface area contributed by atoms with E-state index < -0.39 is 16.0 Å². The number of methoxy groups -OCH3 is 1. The third kappa shape index (κ3) is 2.54. The van der Waals surface area contributed by atoms with Crippen molar-refractivity contribution in [3.8, 4) is 0 Å². The van der Waals surface area contributed by atoms with Crippen molar-refractivity contribution in [3.05, 3.63) is 29.8 Å². The van der Waals surface area contributed by atoms with Crippen molar-refractivity contribution < 1.29 is 17.9 Å². The van der Waals surface area contributed by atoms with Crippen molar-refractivity contribution in [1.29, 1.82) is 0 Å². The molecule has 0 aliphatic rings. The van der Waals surface area contributed by atoms with Crippen LogP contribution >= 0.6 is 0 Å². The summed E-state index contributed by atoms with van der Waals surface area (Å²) in [5, 5.41) is 0. The lowest BCUT2D eigenvalue weighted by Gasteiger charge is -2.03. The van der Waals surface area contributed by atoms with Gasteiger partial charge in [0.25, 0.3) is 0 Å². The first-order valence-corrected chi connectivity index (χ1v) is 5.61. The Morgan fingerprint density at radius 2 is 1.80 bits per heavy atom. The van der Waals surface area contributed by atoms with E-state index in [0.29, 0.717) is 5.56 Å². The molecule has 0 bridgehead atoms. The summed E-state index contributed by atoms with van der Waals surface area (Å²) < 4.78 is 29.3. The topological polar surface area (TPSA) is 72.5 Å². The molecule has 0 amide bonds. The average molecular weight is 229 g/mol. The van der Waals surface area contributed by atoms with E-state index in [9.17, 15) is 13.2 Å². The Labute approximate surface area is 88.1 Å². The number of rotatable bonds is 3. The molecule has 1 rings (SSSR count). The number of carbonyl (C=O) groups is 1. The molecule has 0 unspecified atom stereocenters. The summed E-state index contributed by atoms with van der Waals surface area (Å²) in [5.74, 6) is -0.497. The monoisotopic (exact) mass is 229 g/mol. The summed E-state index contributed by atoms with van der Waals surface area (Å²) >= 11 is 0. The van der Waals surface area contributed by atoms with Crippen molar-refractivity contribution in [2.45, 2.75) is 4.90 Å². The van der Waals surface area contributed by atoms with Gasteiger partial charge < -0.3 is 4.74 Å². The van der Waals surface area contributed by atoms with Gasteiger partial charge in [-0.3, -0.25) is 0 Å². The maximum absolute atomic E-state index is 11.3. The Morgan fingerprint density at radius 1 is 1.27 bits per heavy atom. The Balaban J connectivity index is 3.06. The van der Waals surface area contributed by atoms with Crippen LogP contribution < -0.4 is 4.72 Å². The molecule has 5 nitrogen and oxygen atoms in total. The van der Waals surface area contributed by atoms with E-state index in [1.54, 1.807) is 0 Å². The molecule has 0 saturated heterocycles. The van der Waals surface area contributed by atoms with Gasteiger partial charge in [-0.1, -0.05) is 0 Å².